The number of halogens is 3. The molecule has 3 aliphatic rings. The average Bonchev–Trinajstić information content (AvgIpc) is 3.38. The number of thiophene rings is 1. The van der Waals surface area contributed by atoms with Gasteiger partial charge in [-0.2, -0.15) is 13.2 Å². The van der Waals surface area contributed by atoms with E-state index in [1.165, 1.54) is 21.7 Å². The number of carbonyl (C=O) groups is 1. The van der Waals surface area contributed by atoms with E-state index in [2.05, 4.69) is 15.3 Å². The van der Waals surface area contributed by atoms with Crippen LogP contribution in [0.3, 0.4) is 0 Å². The Hall–Kier alpha value is -2.25. The first kappa shape index (κ1) is 22.5. The molecule has 5 rings (SSSR count). The Kier molecular flexibility index (Phi) is 5.04. The summed E-state index contributed by atoms with van der Waals surface area (Å²) in [4.78, 5) is 23.5. The zero-order valence-corrected chi connectivity index (χ0v) is 19.6. The van der Waals surface area contributed by atoms with Crippen molar-refractivity contribution in [1.82, 2.24) is 19.2 Å². The van der Waals surface area contributed by atoms with Crippen LogP contribution < -0.4 is 5.32 Å². The fourth-order valence-corrected chi connectivity index (χ4v) is 6.89. The van der Waals surface area contributed by atoms with Crippen molar-refractivity contribution in [2.24, 2.45) is 0 Å². The summed E-state index contributed by atoms with van der Waals surface area (Å²) >= 11 is 1.19. The molecule has 1 aliphatic carbocycles. The van der Waals surface area contributed by atoms with Crippen LogP contribution in [0.4, 0.5) is 19.1 Å². The molecule has 2 aromatic heterocycles. The van der Waals surface area contributed by atoms with Gasteiger partial charge >= 0.3 is 6.18 Å². The molecule has 1 N–H and O–H groups in total. The highest BCUT2D eigenvalue weighted by Gasteiger charge is 2.58. The third kappa shape index (κ3) is 3.79. The first-order chi connectivity index (χ1) is 15.4. The number of nitrogens with one attached hydrogen (secondary N) is 1. The quantitative estimate of drug-likeness (QED) is 0.692. The molecule has 13 heteroatoms. The minimum atomic E-state index is -4.65. The molecule has 1 saturated heterocycles. The van der Waals surface area contributed by atoms with E-state index in [4.69, 9.17) is 0 Å². The summed E-state index contributed by atoms with van der Waals surface area (Å²) < 4.78 is 66.0. The van der Waals surface area contributed by atoms with Crippen molar-refractivity contribution in [2.45, 2.75) is 43.4 Å². The van der Waals surface area contributed by atoms with E-state index in [0.717, 1.165) is 30.2 Å². The van der Waals surface area contributed by atoms with E-state index >= 15 is 0 Å². The van der Waals surface area contributed by atoms with Gasteiger partial charge in [0.05, 0.1) is 27.9 Å². The summed E-state index contributed by atoms with van der Waals surface area (Å²) in [7, 11) is -1.55. The molecule has 33 heavy (non-hydrogen) atoms. The molecular weight excluding hydrogens is 479 g/mol. The summed E-state index contributed by atoms with van der Waals surface area (Å²) in [6.45, 7) is 0.638. The lowest BCUT2D eigenvalue weighted by Crippen LogP contribution is -2.42. The molecular formula is C20H22F3N5O3S2. The second-order valence-electron chi connectivity index (χ2n) is 8.78. The van der Waals surface area contributed by atoms with Crippen molar-refractivity contribution in [3.8, 4) is 10.6 Å². The predicted molar refractivity (Wildman–Crippen MR) is 116 cm³/mol. The first-order valence-electron chi connectivity index (χ1n) is 10.5. The average molecular weight is 502 g/mol. The molecule has 0 unspecified atom stereocenters. The second-order valence-corrected chi connectivity index (χ2v) is 11.8. The molecule has 1 saturated carbocycles. The van der Waals surface area contributed by atoms with Gasteiger partial charge in [0, 0.05) is 37.3 Å². The van der Waals surface area contributed by atoms with Gasteiger partial charge in [-0.1, -0.05) is 0 Å². The van der Waals surface area contributed by atoms with Crippen molar-refractivity contribution >= 4 is 33.2 Å². The third-order valence-electron chi connectivity index (χ3n) is 6.64. The topological polar surface area (TPSA) is 95.5 Å². The Morgan fingerprint density at radius 3 is 2.48 bits per heavy atom. The van der Waals surface area contributed by atoms with E-state index in [-0.39, 0.29) is 34.0 Å². The minimum absolute atomic E-state index is 0.0499. The lowest BCUT2D eigenvalue weighted by molar-refractivity contribution is -0.137. The van der Waals surface area contributed by atoms with Gasteiger partial charge in [0.25, 0.3) is 5.91 Å². The summed E-state index contributed by atoms with van der Waals surface area (Å²) in [5, 5.41) is 3.05. The lowest BCUT2D eigenvalue weighted by atomic mass is 10.1. The first-order valence-corrected chi connectivity index (χ1v) is 13.2. The summed E-state index contributed by atoms with van der Waals surface area (Å²) in [6, 6.07) is 1.35. The molecule has 0 atom stereocenters. The maximum atomic E-state index is 13.8. The highest BCUT2D eigenvalue weighted by Crippen LogP contribution is 2.59. The number of hydrogen-bond acceptors (Lipinski definition) is 7. The molecule has 2 aromatic rings. The normalized spacial score (nSPS) is 21.0. The fraction of sp³-hybridized carbons (Fsp3) is 0.550. The van der Waals surface area contributed by atoms with Crippen LogP contribution in [0, 0.1) is 0 Å². The van der Waals surface area contributed by atoms with Crippen LogP contribution >= 0.6 is 11.3 Å². The number of nitrogens with zero attached hydrogens (tertiary/aromatic N) is 4. The van der Waals surface area contributed by atoms with E-state index in [1.54, 1.807) is 11.9 Å². The van der Waals surface area contributed by atoms with Gasteiger partial charge in [-0.15, -0.1) is 11.3 Å². The number of sulfonamides is 1. The van der Waals surface area contributed by atoms with Crippen LogP contribution in [0.2, 0.25) is 0 Å². The van der Waals surface area contributed by atoms with Crippen molar-refractivity contribution in [3.63, 3.8) is 0 Å². The van der Waals surface area contributed by atoms with Crippen LogP contribution in [-0.2, 0) is 21.7 Å². The van der Waals surface area contributed by atoms with E-state index in [9.17, 15) is 26.4 Å². The van der Waals surface area contributed by atoms with Crippen molar-refractivity contribution < 1.29 is 26.4 Å². The molecule has 1 spiro atoms. The van der Waals surface area contributed by atoms with Crippen molar-refractivity contribution in [2.75, 3.05) is 31.7 Å². The molecule has 178 valence electrons. The Labute approximate surface area is 192 Å². The Morgan fingerprint density at radius 1 is 1.24 bits per heavy atom. The summed E-state index contributed by atoms with van der Waals surface area (Å²) in [5.41, 5.74) is -1.13. The summed E-state index contributed by atoms with van der Waals surface area (Å²) in [5.74, 6) is -0.127. The second kappa shape index (κ2) is 7.37. The number of amides is 1. The standard InChI is InChI=1S/C20H22F3N5O3S2/c1-27-17(29)12-9-14(32-16(12)19(27)5-6-19)15-13(20(21,22)23)10-24-18(26-15)25-11-3-7-28(8-4-11)33(2,30)31/h9-11H,3-8H2,1-2H3,(H,24,25,26). The molecule has 4 heterocycles. The maximum Gasteiger partial charge on any atom is 0.420 e. The summed E-state index contributed by atoms with van der Waals surface area (Å²) in [6.07, 6.45) is -0.150. The van der Waals surface area contributed by atoms with Crippen LogP contribution in [0.15, 0.2) is 12.3 Å². The van der Waals surface area contributed by atoms with E-state index < -0.39 is 21.8 Å². The van der Waals surface area contributed by atoms with Gasteiger partial charge in [0.1, 0.15) is 5.56 Å². The smallest absolute Gasteiger partial charge is 0.351 e. The molecule has 0 radical (unpaired) electrons. The molecule has 1 amide bonds. The van der Waals surface area contributed by atoms with Crippen LogP contribution in [0.5, 0.6) is 0 Å². The fourth-order valence-electron chi connectivity index (χ4n) is 4.58. The number of carbonyl (C=O) groups excluding carboxylic acids is 1. The van der Waals surface area contributed by atoms with Gasteiger partial charge in [-0.3, -0.25) is 4.79 Å². The van der Waals surface area contributed by atoms with Crippen molar-refractivity contribution in [3.05, 3.63) is 28.3 Å². The molecule has 2 aliphatic heterocycles. The van der Waals surface area contributed by atoms with E-state index in [1.807, 2.05) is 0 Å². The molecule has 8 nitrogen and oxygen atoms in total. The highest BCUT2D eigenvalue weighted by molar-refractivity contribution is 7.88. The largest absolute Gasteiger partial charge is 0.420 e. The molecule has 2 fully saturated rings. The van der Waals surface area contributed by atoms with Gasteiger partial charge in [0.2, 0.25) is 16.0 Å². The number of piperidine rings is 1. The Balaban J connectivity index is 1.45. The number of hydrogen-bond donors (Lipinski definition) is 1. The number of fused-ring (bicyclic) bond motifs is 2. The number of rotatable bonds is 4. The number of aromatic nitrogens is 2. The van der Waals surface area contributed by atoms with Crippen LogP contribution in [0.1, 0.15) is 46.5 Å². The zero-order valence-electron chi connectivity index (χ0n) is 17.9. The lowest BCUT2D eigenvalue weighted by Gasteiger charge is -2.30. The minimum Gasteiger partial charge on any atom is -0.351 e. The highest BCUT2D eigenvalue weighted by atomic mass is 32.2. The van der Waals surface area contributed by atoms with Crippen LogP contribution in [0.25, 0.3) is 10.6 Å². The van der Waals surface area contributed by atoms with Crippen LogP contribution in [-0.4, -0.2) is 65.9 Å². The maximum absolute atomic E-state index is 13.8. The molecule has 0 bridgehead atoms. The Bertz CT molecular complexity index is 1230. The SMILES string of the molecule is CN1C(=O)c2cc(-c3nc(NC4CCN(S(C)(=O)=O)CC4)ncc3C(F)(F)F)sc2C12CC2. The molecule has 0 aromatic carbocycles. The van der Waals surface area contributed by atoms with Gasteiger partial charge < -0.3 is 10.2 Å². The number of alkyl halides is 3. The monoisotopic (exact) mass is 501 g/mol. The Morgan fingerprint density at radius 2 is 1.91 bits per heavy atom. The zero-order chi connectivity index (χ0) is 23.8. The van der Waals surface area contributed by atoms with E-state index in [0.29, 0.717) is 31.5 Å². The predicted octanol–water partition coefficient (Wildman–Crippen LogP) is 3.13. The van der Waals surface area contributed by atoms with Gasteiger partial charge in [-0.05, 0) is 31.7 Å². The van der Waals surface area contributed by atoms with Crippen molar-refractivity contribution in [1.29, 1.82) is 0 Å². The number of anilines is 1. The van der Waals surface area contributed by atoms with Gasteiger partial charge in [0.15, 0.2) is 0 Å². The van der Waals surface area contributed by atoms with Gasteiger partial charge in [-0.25, -0.2) is 22.7 Å². The third-order valence-corrected chi connectivity index (χ3v) is 9.28.